The van der Waals surface area contributed by atoms with E-state index in [4.69, 9.17) is 11.6 Å². The first-order valence-corrected chi connectivity index (χ1v) is 7.74. The van der Waals surface area contributed by atoms with E-state index in [1.807, 2.05) is 6.07 Å². The summed E-state index contributed by atoms with van der Waals surface area (Å²) < 4.78 is 0. The largest absolute Gasteiger partial charge is 0.326 e. The van der Waals surface area contributed by atoms with Gasteiger partial charge in [-0.15, -0.1) is 11.6 Å². The maximum Gasteiger partial charge on any atom is 0.228 e. The Kier molecular flexibility index (Phi) is 3.79. The van der Waals surface area contributed by atoms with Crippen LogP contribution in [-0.2, 0) is 11.2 Å². The number of alkyl halides is 1. The van der Waals surface area contributed by atoms with Gasteiger partial charge in [0.2, 0.25) is 5.91 Å². The Hall–Kier alpha value is -1.02. The number of halogens is 1. The van der Waals surface area contributed by atoms with E-state index in [1.165, 1.54) is 44.1 Å². The zero-order chi connectivity index (χ0) is 13.2. The van der Waals surface area contributed by atoms with Crippen LogP contribution in [0.3, 0.4) is 0 Å². The second-order valence-electron chi connectivity index (χ2n) is 5.79. The molecule has 3 rings (SSSR count). The van der Waals surface area contributed by atoms with Gasteiger partial charge in [0.1, 0.15) is 0 Å². The molecule has 0 radical (unpaired) electrons. The molecule has 1 amide bonds. The van der Waals surface area contributed by atoms with E-state index >= 15 is 0 Å². The molecule has 1 aromatic rings. The lowest BCUT2D eigenvalue weighted by Crippen LogP contribution is -2.07. The number of nitrogens with one attached hydrogen (secondary N) is 1. The summed E-state index contributed by atoms with van der Waals surface area (Å²) in [5.74, 6) is 0.681. The van der Waals surface area contributed by atoms with E-state index < -0.39 is 0 Å². The summed E-state index contributed by atoms with van der Waals surface area (Å²) in [6.07, 6.45) is 8.28. The van der Waals surface area contributed by atoms with Crippen molar-refractivity contribution in [2.45, 2.75) is 50.3 Å². The summed E-state index contributed by atoms with van der Waals surface area (Å²) in [7, 11) is 0. The summed E-state index contributed by atoms with van der Waals surface area (Å²) in [5.41, 5.74) is 3.24. The highest BCUT2D eigenvalue weighted by Crippen LogP contribution is 2.39. The van der Waals surface area contributed by atoms with E-state index in [1.54, 1.807) is 0 Å². The van der Waals surface area contributed by atoms with Crippen LogP contribution in [-0.4, -0.2) is 5.91 Å². The Balaban J connectivity index is 1.78. The summed E-state index contributed by atoms with van der Waals surface area (Å²) >= 11 is 6.69. The van der Waals surface area contributed by atoms with Crippen LogP contribution in [0.4, 0.5) is 5.69 Å². The molecule has 0 aromatic heterocycles. The molecule has 2 nitrogen and oxygen atoms in total. The molecule has 19 heavy (non-hydrogen) atoms. The number of hydrogen-bond donors (Lipinski definition) is 1. The number of benzene rings is 1. The van der Waals surface area contributed by atoms with Crippen LogP contribution in [0.2, 0.25) is 0 Å². The van der Waals surface area contributed by atoms with E-state index in [-0.39, 0.29) is 11.3 Å². The molecule has 1 aromatic carbocycles. The van der Waals surface area contributed by atoms with E-state index in [9.17, 15) is 4.79 Å². The van der Waals surface area contributed by atoms with Crippen molar-refractivity contribution in [3.63, 3.8) is 0 Å². The molecular weight excluding hydrogens is 258 g/mol. The molecule has 1 heterocycles. The Bertz CT molecular complexity index is 478. The van der Waals surface area contributed by atoms with Gasteiger partial charge < -0.3 is 5.32 Å². The smallest absolute Gasteiger partial charge is 0.228 e. The summed E-state index contributed by atoms with van der Waals surface area (Å²) in [6.45, 7) is 0. The zero-order valence-electron chi connectivity index (χ0n) is 11.1. The van der Waals surface area contributed by atoms with Crippen molar-refractivity contribution in [1.82, 2.24) is 0 Å². The second-order valence-corrected chi connectivity index (χ2v) is 6.27. The fraction of sp³-hybridized carbons (Fsp3) is 0.562. The number of carbonyl (C=O) groups is 1. The summed E-state index contributed by atoms with van der Waals surface area (Å²) in [6, 6.07) is 6.20. The van der Waals surface area contributed by atoms with Gasteiger partial charge in [-0.1, -0.05) is 37.8 Å². The molecule has 3 heteroatoms. The molecule has 0 saturated heterocycles. The number of fused-ring (bicyclic) bond motifs is 1. The molecule has 1 aliphatic carbocycles. The van der Waals surface area contributed by atoms with Gasteiger partial charge in [0.25, 0.3) is 0 Å². The van der Waals surface area contributed by atoms with Gasteiger partial charge in [0.05, 0.1) is 11.8 Å². The minimum atomic E-state index is 0.0905. The average molecular weight is 278 g/mol. The maximum absolute atomic E-state index is 11.4. The molecule has 102 valence electrons. The monoisotopic (exact) mass is 277 g/mol. The molecular formula is C16H20ClNO. The number of anilines is 1. The third-order valence-corrected chi connectivity index (χ3v) is 4.99. The van der Waals surface area contributed by atoms with Crippen LogP contribution in [0, 0.1) is 5.92 Å². The van der Waals surface area contributed by atoms with E-state index in [2.05, 4.69) is 17.4 Å². The van der Waals surface area contributed by atoms with Crippen molar-refractivity contribution in [1.29, 1.82) is 0 Å². The zero-order valence-corrected chi connectivity index (χ0v) is 11.9. The van der Waals surface area contributed by atoms with Crippen molar-refractivity contribution >= 4 is 23.2 Å². The van der Waals surface area contributed by atoms with Gasteiger partial charge >= 0.3 is 0 Å². The SMILES string of the molecule is O=C1Cc2cc(C(Cl)C3CCCCCC3)ccc2N1. The highest BCUT2D eigenvalue weighted by molar-refractivity contribution is 6.21. The van der Waals surface area contributed by atoms with Crippen LogP contribution in [0.15, 0.2) is 18.2 Å². The molecule has 1 atom stereocenters. The second kappa shape index (κ2) is 5.54. The highest BCUT2D eigenvalue weighted by Gasteiger charge is 2.24. The lowest BCUT2D eigenvalue weighted by atomic mass is 9.91. The van der Waals surface area contributed by atoms with Gasteiger partial charge in [-0.05, 0) is 36.0 Å². The Labute approximate surface area is 119 Å². The lowest BCUT2D eigenvalue weighted by molar-refractivity contribution is -0.115. The minimum Gasteiger partial charge on any atom is -0.326 e. The van der Waals surface area contributed by atoms with Crippen molar-refractivity contribution in [3.8, 4) is 0 Å². The summed E-state index contributed by atoms with van der Waals surface area (Å²) in [4.78, 5) is 11.4. The molecule has 1 fully saturated rings. The topological polar surface area (TPSA) is 29.1 Å². The van der Waals surface area contributed by atoms with Gasteiger partial charge in [0, 0.05) is 5.69 Å². The number of amides is 1. The molecule has 1 N–H and O–H groups in total. The van der Waals surface area contributed by atoms with Gasteiger partial charge in [-0.3, -0.25) is 4.79 Å². The molecule has 1 unspecified atom stereocenters. The molecule has 1 aliphatic heterocycles. The van der Waals surface area contributed by atoms with Crippen LogP contribution >= 0.6 is 11.6 Å². The first kappa shape index (κ1) is 13.0. The van der Waals surface area contributed by atoms with Gasteiger partial charge in [-0.25, -0.2) is 0 Å². The Morgan fingerprint density at radius 2 is 1.89 bits per heavy atom. The fourth-order valence-corrected chi connectivity index (χ4v) is 3.68. The van der Waals surface area contributed by atoms with Crippen LogP contribution < -0.4 is 5.32 Å². The Morgan fingerprint density at radius 1 is 1.16 bits per heavy atom. The lowest BCUT2D eigenvalue weighted by Gasteiger charge is -2.21. The Morgan fingerprint density at radius 3 is 2.63 bits per heavy atom. The molecule has 1 saturated carbocycles. The van der Waals surface area contributed by atoms with E-state index in [0.717, 1.165) is 11.3 Å². The third kappa shape index (κ3) is 2.79. The average Bonchev–Trinajstić information content (AvgIpc) is 2.63. The van der Waals surface area contributed by atoms with Crippen LogP contribution in [0.25, 0.3) is 0 Å². The minimum absolute atomic E-state index is 0.0905. The van der Waals surface area contributed by atoms with Crippen molar-refractivity contribution in [2.75, 3.05) is 5.32 Å². The number of rotatable bonds is 2. The molecule has 0 spiro atoms. The first-order valence-electron chi connectivity index (χ1n) is 7.31. The van der Waals surface area contributed by atoms with Crippen LogP contribution in [0.1, 0.15) is 55.0 Å². The third-order valence-electron chi connectivity index (χ3n) is 4.39. The highest BCUT2D eigenvalue weighted by atomic mass is 35.5. The molecule has 2 aliphatic rings. The van der Waals surface area contributed by atoms with Crippen molar-refractivity contribution in [2.24, 2.45) is 5.92 Å². The summed E-state index contributed by atoms with van der Waals surface area (Å²) in [5, 5.41) is 2.97. The first-order chi connectivity index (χ1) is 9.24. The van der Waals surface area contributed by atoms with Crippen molar-refractivity contribution < 1.29 is 4.79 Å². The standard InChI is InChI=1S/C16H20ClNO/c17-16(11-5-3-1-2-4-6-11)12-7-8-14-13(9-12)10-15(19)18-14/h7-9,11,16H,1-6,10H2,(H,18,19). The fourth-order valence-electron chi connectivity index (χ4n) is 3.30. The number of carbonyl (C=O) groups excluding carboxylic acids is 1. The quantitative estimate of drug-likeness (QED) is 0.629. The predicted molar refractivity (Wildman–Crippen MR) is 78.6 cm³/mol. The van der Waals surface area contributed by atoms with E-state index in [0.29, 0.717) is 12.3 Å². The van der Waals surface area contributed by atoms with Gasteiger partial charge in [0.15, 0.2) is 0 Å². The maximum atomic E-state index is 11.4. The van der Waals surface area contributed by atoms with Crippen LogP contribution in [0.5, 0.6) is 0 Å². The predicted octanol–water partition coefficient (Wildman–Crippen LogP) is 4.43. The molecule has 0 bridgehead atoms. The van der Waals surface area contributed by atoms with Crippen molar-refractivity contribution in [3.05, 3.63) is 29.3 Å². The normalized spacial score (nSPS) is 21.6. The van der Waals surface area contributed by atoms with Gasteiger partial charge in [-0.2, -0.15) is 0 Å². The number of hydrogen-bond acceptors (Lipinski definition) is 1.